The van der Waals surface area contributed by atoms with Crippen molar-refractivity contribution >= 4 is 11.9 Å². The number of aliphatic hydroxyl groups excluding tert-OH is 1. The summed E-state index contributed by atoms with van der Waals surface area (Å²) in [5.41, 5.74) is 0.675. The van der Waals surface area contributed by atoms with Gasteiger partial charge < -0.3 is 15.1 Å². The molecular weight excluding hydrogens is 222 g/mol. The van der Waals surface area contributed by atoms with Gasteiger partial charge in [-0.2, -0.15) is 0 Å². The molecule has 2 N–H and O–H groups in total. The Hall–Kier alpha value is -1.69. The molecule has 0 bridgehead atoms. The van der Waals surface area contributed by atoms with Crippen molar-refractivity contribution in [2.75, 3.05) is 18.0 Å². The number of carboxylic acid groups (broad SMARTS) is 1. The summed E-state index contributed by atoms with van der Waals surface area (Å²) in [6.07, 6.45) is 1.00. The van der Waals surface area contributed by atoms with Crippen LogP contribution >= 0.6 is 0 Å². The second-order valence-corrected chi connectivity index (χ2v) is 4.49. The Bertz CT molecular complexity index is 442. The van der Waals surface area contributed by atoms with Gasteiger partial charge in [0.1, 0.15) is 0 Å². The van der Waals surface area contributed by atoms with Crippen molar-refractivity contribution < 1.29 is 15.0 Å². The number of β-amino-alcohol motifs (C(OH)–C–C–N with tert-alkyl or cyclic N) is 1. The third-order valence-electron chi connectivity index (χ3n) is 2.73. The maximum Gasteiger partial charge on any atom is 0.339 e. The summed E-state index contributed by atoms with van der Waals surface area (Å²) in [6, 6.07) is 0. The molecule has 0 radical (unpaired) electrons. The van der Waals surface area contributed by atoms with Crippen LogP contribution < -0.4 is 4.90 Å². The van der Waals surface area contributed by atoms with Crippen LogP contribution in [0.5, 0.6) is 0 Å². The van der Waals surface area contributed by atoms with E-state index in [0.717, 1.165) is 0 Å². The molecule has 0 saturated carbocycles. The maximum atomic E-state index is 11.0. The topological polar surface area (TPSA) is 86.5 Å². The monoisotopic (exact) mass is 237 g/mol. The Balaban J connectivity index is 2.32. The average molecular weight is 237 g/mol. The fourth-order valence-electron chi connectivity index (χ4n) is 1.76. The summed E-state index contributed by atoms with van der Waals surface area (Å²) in [6.45, 7) is 4.79. The minimum absolute atomic E-state index is 0.0223. The predicted molar refractivity (Wildman–Crippen MR) is 61.3 cm³/mol. The second-order valence-electron chi connectivity index (χ2n) is 4.49. The zero-order valence-corrected chi connectivity index (χ0v) is 9.79. The van der Waals surface area contributed by atoms with E-state index in [1.54, 1.807) is 0 Å². The minimum atomic E-state index is -1.01. The van der Waals surface area contributed by atoms with Crippen LogP contribution in [0.2, 0.25) is 0 Å². The van der Waals surface area contributed by atoms with Crippen LogP contribution in [-0.2, 0) is 0 Å². The Kier molecular flexibility index (Phi) is 2.97. The summed E-state index contributed by atoms with van der Waals surface area (Å²) >= 11 is 0. The normalized spacial score (nSPS) is 16.1. The molecule has 6 heteroatoms. The van der Waals surface area contributed by atoms with Crippen LogP contribution in [0.4, 0.5) is 5.95 Å². The number of rotatable bonds is 3. The van der Waals surface area contributed by atoms with Crippen molar-refractivity contribution in [2.45, 2.75) is 25.9 Å². The molecular formula is C11H15N3O3. The predicted octanol–water partition coefficient (Wildman–Crippen LogP) is 0.479. The summed E-state index contributed by atoms with van der Waals surface area (Å²) in [7, 11) is 0. The standard InChI is InChI=1S/C11H15N3O3/c1-6(2)9-8(10(16)17)3-12-11(13-9)14-4-7(15)5-14/h3,6-7,15H,4-5H2,1-2H3,(H,16,17). The summed E-state index contributed by atoms with van der Waals surface area (Å²) in [5, 5.41) is 18.2. The van der Waals surface area contributed by atoms with Crippen molar-refractivity contribution in [3.63, 3.8) is 0 Å². The van der Waals surface area contributed by atoms with Gasteiger partial charge in [0.25, 0.3) is 0 Å². The lowest BCUT2D eigenvalue weighted by molar-refractivity contribution is 0.0694. The van der Waals surface area contributed by atoms with Crippen LogP contribution in [0.3, 0.4) is 0 Å². The number of hydrogen-bond acceptors (Lipinski definition) is 5. The molecule has 1 aromatic rings. The Morgan fingerprint density at radius 3 is 2.65 bits per heavy atom. The van der Waals surface area contributed by atoms with Gasteiger partial charge in [0.15, 0.2) is 0 Å². The fraction of sp³-hybridized carbons (Fsp3) is 0.545. The number of nitrogens with zero attached hydrogens (tertiary/aromatic N) is 3. The maximum absolute atomic E-state index is 11.0. The summed E-state index contributed by atoms with van der Waals surface area (Å²) in [4.78, 5) is 21.1. The van der Waals surface area contributed by atoms with Gasteiger partial charge in [0, 0.05) is 19.3 Å². The van der Waals surface area contributed by atoms with Crippen molar-refractivity contribution in [3.8, 4) is 0 Å². The first-order chi connectivity index (χ1) is 7.99. The van der Waals surface area contributed by atoms with E-state index in [-0.39, 0.29) is 17.6 Å². The molecule has 1 aromatic heterocycles. The molecule has 1 aliphatic heterocycles. The average Bonchev–Trinajstić information content (AvgIpc) is 2.23. The number of carbonyl (C=O) groups is 1. The molecule has 2 heterocycles. The third kappa shape index (κ3) is 2.21. The number of aromatic carboxylic acids is 1. The number of carboxylic acids is 1. The lowest BCUT2D eigenvalue weighted by Gasteiger charge is -2.36. The van der Waals surface area contributed by atoms with Gasteiger partial charge in [0.05, 0.1) is 17.4 Å². The third-order valence-corrected chi connectivity index (χ3v) is 2.73. The Morgan fingerprint density at radius 2 is 2.18 bits per heavy atom. The van der Waals surface area contributed by atoms with Gasteiger partial charge in [0.2, 0.25) is 5.95 Å². The number of hydrogen-bond donors (Lipinski definition) is 2. The highest BCUT2D eigenvalue weighted by Crippen LogP contribution is 2.22. The molecule has 0 aromatic carbocycles. The van der Waals surface area contributed by atoms with Gasteiger partial charge in [-0.25, -0.2) is 14.8 Å². The first-order valence-corrected chi connectivity index (χ1v) is 5.52. The van der Waals surface area contributed by atoms with E-state index in [9.17, 15) is 9.90 Å². The largest absolute Gasteiger partial charge is 0.478 e. The van der Waals surface area contributed by atoms with E-state index in [1.165, 1.54) is 6.20 Å². The highest BCUT2D eigenvalue weighted by atomic mass is 16.4. The van der Waals surface area contributed by atoms with Crippen LogP contribution in [0.1, 0.15) is 35.8 Å². The summed E-state index contributed by atoms with van der Waals surface area (Å²) < 4.78 is 0. The Morgan fingerprint density at radius 1 is 1.53 bits per heavy atom. The number of aliphatic hydroxyl groups is 1. The van der Waals surface area contributed by atoms with Gasteiger partial charge in [-0.15, -0.1) is 0 Å². The molecule has 6 nitrogen and oxygen atoms in total. The van der Waals surface area contributed by atoms with E-state index in [4.69, 9.17) is 5.11 Å². The van der Waals surface area contributed by atoms with Gasteiger partial charge in [-0.05, 0) is 5.92 Å². The van der Waals surface area contributed by atoms with E-state index >= 15 is 0 Å². The SMILES string of the molecule is CC(C)c1nc(N2CC(O)C2)ncc1C(=O)O. The summed E-state index contributed by atoms with van der Waals surface area (Å²) in [5.74, 6) is -0.498. The molecule has 1 saturated heterocycles. The zero-order valence-electron chi connectivity index (χ0n) is 9.79. The molecule has 0 aliphatic carbocycles. The molecule has 0 spiro atoms. The van der Waals surface area contributed by atoms with Crippen molar-refractivity contribution in [1.29, 1.82) is 0 Å². The minimum Gasteiger partial charge on any atom is -0.478 e. The van der Waals surface area contributed by atoms with Crippen molar-refractivity contribution in [3.05, 3.63) is 17.5 Å². The van der Waals surface area contributed by atoms with Gasteiger partial charge >= 0.3 is 5.97 Å². The number of anilines is 1. The molecule has 1 fully saturated rings. The van der Waals surface area contributed by atoms with Crippen LogP contribution in [0.25, 0.3) is 0 Å². The first kappa shape index (κ1) is 11.8. The Labute approximate surface area is 98.9 Å². The fourth-order valence-corrected chi connectivity index (χ4v) is 1.76. The molecule has 92 valence electrons. The lowest BCUT2D eigenvalue weighted by atomic mass is 10.1. The van der Waals surface area contributed by atoms with E-state index < -0.39 is 5.97 Å². The number of aromatic nitrogens is 2. The second kappa shape index (κ2) is 4.29. The van der Waals surface area contributed by atoms with Crippen LogP contribution in [0.15, 0.2) is 6.20 Å². The van der Waals surface area contributed by atoms with E-state index in [2.05, 4.69) is 9.97 Å². The van der Waals surface area contributed by atoms with E-state index in [0.29, 0.717) is 24.7 Å². The van der Waals surface area contributed by atoms with Gasteiger partial charge in [-0.3, -0.25) is 0 Å². The molecule has 1 aliphatic rings. The zero-order chi connectivity index (χ0) is 12.6. The highest BCUT2D eigenvalue weighted by Gasteiger charge is 2.28. The van der Waals surface area contributed by atoms with Crippen LogP contribution in [0, 0.1) is 0 Å². The smallest absolute Gasteiger partial charge is 0.339 e. The highest BCUT2D eigenvalue weighted by molar-refractivity contribution is 5.88. The van der Waals surface area contributed by atoms with Gasteiger partial charge in [-0.1, -0.05) is 13.8 Å². The van der Waals surface area contributed by atoms with E-state index in [1.807, 2.05) is 18.7 Å². The molecule has 17 heavy (non-hydrogen) atoms. The van der Waals surface area contributed by atoms with Crippen molar-refractivity contribution in [2.24, 2.45) is 0 Å². The van der Waals surface area contributed by atoms with Crippen LogP contribution in [-0.4, -0.2) is 45.3 Å². The molecule has 0 unspecified atom stereocenters. The molecule has 0 atom stereocenters. The van der Waals surface area contributed by atoms with Crippen molar-refractivity contribution in [1.82, 2.24) is 9.97 Å². The quantitative estimate of drug-likeness (QED) is 0.795. The first-order valence-electron chi connectivity index (χ1n) is 5.52. The molecule has 0 amide bonds. The molecule has 2 rings (SSSR count). The lowest BCUT2D eigenvalue weighted by Crippen LogP contribution is -2.51.